The molecule has 2 nitrogen and oxygen atoms in total. The van der Waals surface area contributed by atoms with E-state index in [9.17, 15) is 0 Å². The highest BCUT2D eigenvalue weighted by Gasteiger charge is 2.22. The zero-order chi connectivity index (χ0) is 9.42. The van der Waals surface area contributed by atoms with Gasteiger partial charge in [0.25, 0.3) is 0 Å². The number of nitrogens with one attached hydrogen (secondary N) is 1. The van der Waals surface area contributed by atoms with E-state index < -0.39 is 0 Å². The number of aryl methyl sites for hydroxylation is 2. The molecule has 3 N–H and O–H groups in total. The minimum absolute atomic E-state index is 0.281. The first-order valence-electron chi connectivity index (χ1n) is 5.19. The summed E-state index contributed by atoms with van der Waals surface area (Å²) in [5.41, 5.74) is 11.7. The number of H-pyrrole nitrogens is 1. The minimum Gasteiger partial charge on any atom is -0.362 e. The number of aromatic nitrogens is 1. The van der Waals surface area contributed by atoms with Gasteiger partial charge < -0.3 is 10.7 Å². The van der Waals surface area contributed by atoms with Gasteiger partial charge in [-0.25, -0.2) is 0 Å². The second-order valence-electron chi connectivity index (χ2n) is 3.97. The summed E-state index contributed by atoms with van der Waals surface area (Å²) in [4.78, 5) is 3.47. The van der Waals surface area contributed by atoms with Crippen molar-refractivity contribution in [2.75, 3.05) is 0 Å². The van der Waals surface area contributed by atoms with Gasteiger partial charge in [-0.1, -0.05) is 6.92 Å². The maximum atomic E-state index is 6.12. The predicted molar refractivity (Wildman–Crippen MR) is 54.8 cm³/mol. The third kappa shape index (κ3) is 1.29. The summed E-state index contributed by atoms with van der Waals surface area (Å²) in [5, 5.41) is 0. The smallest absolute Gasteiger partial charge is 0.0315 e. The van der Waals surface area contributed by atoms with Crippen LogP contribution in [0.15, 0.2) is 0 Å². The van der Waals surface area contributed by atoms with Crippen LogP contribution in [0, 0.1) is 6.92 Å². The van der Waals surface area contributed by atoms with Gasteiger partial charge in [-0.3, -0.25) is 0 Å². The molecule has 0 aliphatic heterocycles. The Labute approximate surface area is 79.5 Å². The molecular formula is C11H18N2. The molecule has 0 radical (unpaired) electrons. The van der Waals surface area contributed by atoms with Crippen molar-refractivity contribution in [3.63, 3.8) is 0 Å². The number of hydrogen-bond acceptors (Lipinski definition) is 1. The molecule has 13 heavy (non-hydrogen) atoms. The fourth-order valence-electron chi connectivity index (χ4n) is 2.50. The Morgan fingerprint density at radius 3 is 3.00 bits per heavy atom. The van der Waals surface area contributed by atoms with Crippen LogP contribution in [-0.2, 0) is 12.8 Å². The second kappa shape index (κ2) is 3.18. The van der Waals surface area contributed by atoms with Crippen LogP contribution in [0.2, 0.25) is 0 Å². The van der Waals surface area contributed by atoms with E-state index in [1.807, 2.05) is 0 Å². The van der Waals surface area contributed by atoms with Crippen LogP contribution in [0.25, 0.3) is 0 Å². The summed E-state index contributed by atoms with van der Waals surface area (Å²) in [7, 11) is 0. The summed E-state index contributed by atoms with van der Waals surface area (Å²) in [5.74, 6) is 0. The highest BCUT2D eigenvalue weighted by Crippen LogP contribution is 2.32. The number of hydrogen-bond donors (Lipinski definition) is 2. The molecule has 0 fully saturated rings. The molecule has 1 atom stereocenters. The molecule has 1 aliphatic carbocycles. The average Bonchev–Trinajstić information content (AvgIpc) is 2.42. The van der Waals surface area contributed by atoms with Gasteiger partial charge in [-0.2, -0.15) is 0 Å². The fraction of sp³-hybridized carbons (Fsp3) is 0.636. The quantitative estimate of drug-likeness (QED) is 0.680. The van der Waals surface area contributed by atoms with Crippen LogP contribution in [0.4, 0.5) is 0 Å². The molecule has 1 aliphatic rings. The number of nitrogens with two attached hydrogens (primary N) is 1. The number of rotatable bonds is 1. The molecule has 0 aromatic carbocycles. The predicted octanol–water partition coefficient (Wildman–Crippen LogP) is 2.22. The maximum absolute atomic E-state index is 6.12. The molecule has 1 aromatic heterocycles. The van der Waals surface area contributed by atoms with Crippen molar-refractivity contribution in [2.24, 2.45) is 5.73 Å². The number of aromatic amines is 1. The normalized spacial score (nSPS) is 21.6. The van der Waals surface area contributed by atoms with Crippen LogP contribution in [0.3, 0.4) is 0 Å². The van der Waals surface area contributed by atoms with E-state index >= 15 is 0 Å². The molecular weight excluding hydrogens is 160 g/mol. The van der Waals surface area contributed by atoms with E-state index in [2.05, 4.69) is 18.8 Å². The van der Waals surface area contributed by atoms with Crippen molar-refractivity contribution in [1.82, 2.24) is 4.98 Å². The maximum Gasteiger partial charge on any atom is 0.0315 e. The SMILES string of the molecule is CCc1c(C)[nH]c2c1C(N)CCC2. The lowest BCUT2D eigenvalue weighted by molar-refractivity contribution is 0.563. The zero-order valence-electron chi connectivity index (χ0n) is 8.48. The van der Waals surface area contributed by atoms with Crippen molar-refractivity contribution in [3.8, 4) is 0 Å². The first-order valence-corrected chi connectivity index (χ1v) is 5.19. The molecule has 0 spiro atoms. The van der Waals surface area contributed by atoms with Gasteiger partial charge in [0, 0.05) is 17.4 Å². The second-order valence-corrected chi connectivity index (χ2v) is 3.97. The van der Waals surface area contributed by atoms with E-state index in [1.165, 1.54) is 35.4 Å². The van der Waals surface area contributed by atoms with E-state index in [4.69, 9.17) is 5.73 Å². The highest BCUT2D eigenvalue weighted by molar-refractivity contribution is 5.40. The summed E-state index contributed by atoms with van der Waals surface area (Å²) in [6.07, 6.45) is 4.67. The summed E-state index contributed by atoms with van der Waals surface area (Å²) in [6.45, 7) is 4.36. The van der Waals surface area contributed by atoms with Gasteiger partial charge in [-0.05, 0) is 43.7 Å². The molecule has 0 bridgehead atoms. The van der Waals surface area contributed by atoms with Crippen LogP contribution >= 0.6 is 0 Å². The van der Waals surface area contributed by atoms with E-state index in [0.717, 1.165) is 12.8 Å². The van der Waals surface area contributed by atoms with E-state index in [-0.39, 0.29) is 6.04 Å². The van der Waals surface area contributed by atoms with Gasteiger partial charge in [0.2, 0.25) is 0 Å². The third-order valence-electron chi connectivity index (χ3n) is 3.11. The van der Waals surface area contributed by atoms with E-state index in [1.54, 1.807) is 0 Å². The third-order valence-corrected chi connectivity index (χ3v) is 3.11. The van der Waals surface area contributed by atoms with Crippen LogP contribution in [0.5, 0.6) is 0 Å². The first-order chi connectivity index (χ1) is 6.24. The van der Waals surface area contributed by atoms with Crippen molar-refractivity contribution in [2.45, 2.75) is 45.6 Å². The summed E-state index contributed by atoms with van der Waals surface area (Å²) < 4.78 is 0. The average molecular weight is 178 g/mol. The molecule has 1 unspecified atom stereocenters. The standard InChI is InChI=1S/C11H18N2/c1-3-8-7(2)13-10-6-4-5-9(12)11(8)10/h9,13H,3-6,12H2,1-2H3. The summed E-state index contributed by atoms with van der Waals surface area (Å²) >= 11 is 0. The molecule has 2 rings (SSSR count). The van der Waals surface area contributed by atoms with Crippen LogP contribution < -0.4 is 5.73 Å². The Bertz CT molecular complexity index is 312. The lowest BCUT2D eigenvalue weighted by atomic mass is 9.90. The van der Waals surface area contributed by atoms with Crippen molar-refractivity contribution < 1.29 is 0 Å². The molecule has 0 saturated carbocycles. The molecule has 72 valence electrons. The van der Waals surface area contributed by atoms with Crippen molar-refractivity contribution in [3.05, 3.63) is 22.5 Å². The zero-order valence-corrected chi connectivity index (χ0v) is 8.48. The molecule has 0 amide bonds. The lowest BCUT2D eigenvalue weighted by Crippen LogP contribution is -2.17. The van der Waals surface area contributed by atoms with Gasteiger partial charge >= 0.3 is 0 Å². The van der Waals surface area contributed by atoms with Gasteiger partial charge in [0.15, 0.2) is 0 Å². The molecule has 1 aromatic rings. The Hall–Kier alpha value is -0.760. The van der Waals surface area contributed by atoms with Crippen LogP contribution in [0.1, 0.15) is 48.3 Å². The Balaban J connectivity index is 2.51. The highest BCUT2D eigenvalue weighted by atomic mass is 14.8. The van der Waals surface area contributed by atoms with Gasteiger partial charge in [-0.15, -0.1) is 0 Å². The molecule has 2 heteroatoms. The Kier molecular flexibility index (Phi) is 2.16. The lowest BCUT2D eigenvalue weighted by Gasteiger charge is -2.19. The molecule has 0 saturated heterocycles. The topological polar surface area (TPSA) is 41.8 Å². The summed E-state index contributed by atoms with van der Waals surface area (Å²) in [6, 6.07) is 0.281. The van der Waals surface area contributed by atoms with Crippen molar-refractivity contribution >= 4 is 0 Å². The van der Waals surface area contributed by atoms with Gasteiger partial charge in [0.05, 0.1) is 0 Å². The number of fused-ring (bicyclic) bond motifs is 1. The van der Waals surface area contributed by atoms with E-state index in [0.29, 0.717) is 0 Å². The Morgan fingerprint density at radius 1 is 1.54 bits per heavy atom. The Morgan fingerprint density at radius 2 is 2.31 bits per heavy atom. The van der Waals surface area contributed by atoms with Crippen LogP contribution in [-0.4, -0.2) is 4.98 Å². The fourth-order valence-corrected chi connectivity index (χ4v) is 2.50. The molecule has 1 heterocycles. The monoisotopic (exact) mass is 178 g/mol. The minimum atomic E-state index is 0.281. The van der Waals surface area contributed by atoms with Crippen molar-refractivity contribution in [1.29, 1.82) is 0 Å². The van der Waals surface area contributed by atoms with Gasteiger partial charge in [0.1, 0.15) is 0 Å². The largest absolute Gasteiger partial charge is 0.362 e. The first kappa shape index (κ1) is 8.82.